The van der Waals surface area contributed by atoms with Crippen molar-refractivity contribution in [3.05, 3.63) is 89.7 Å². The standard InChI is InChI=1S/C36H47N3O4/c1-2-3-4-5-6-7-8-9-10-11-12-13-14-15-28-42-33-22-18-32(19-23-33)36(41)43-34-20-16-30(17-21-34)29-38-39-35(40)31-24-26-37-27-25-31/h16-27,29H,2-15,28H2,1H3,(H,39,40)/b38-29+. The number of hydrazone groups is 1. The zero-order valence-electron chi connectivity index (χ0n) is 25.6. The molecule has 0 unspecified atom stereocenters. The number of benzene rings is 2. The fraction of sp³-hybridized carbons (Fsp3) is 0.444. The molecule has 0 atom stereocenters. The molecule has 1 heterocycles. The van der Waals surface area contributed by atoms with Crippen LogP contribution in [-0.2, 0) is 0 Å². The summed E-state index contributed by atoms with van der Waals surface area (Å²) in [4.78, 5) is 28.5. The molecule has 0 spiro atoms. The van der Waals surface area contributed by atoms with E-state index in [4.69, 9.17) is 9.47 Å². The van der Waals surface area contributed by atoms with Gasteiger partial charge in [0.15, 0.2) is 0 Å². The quantitative estimate of drug-likeness (QED) is 0.0443. The highest BCUT2D eigenvalue weighted by molar-refractivity contribution is 5.94. The maximum atomic E-state index is 12.6. The number of pyridine rings is 1. The van der Waals surface area contributed by atoms with Crippen LogP contribution in [0.3, 0.4) is 0 Å². The Morgan fingerprint density at radius 3 is 1.79 bits per heavy atom. The molecular formula is C36H47N3O4. The maximum Gasteiger partial charge on any atom is 0.343 e. The summed E-state index contributed by atoms with van der Waals surface area (Å²) < 4.78 is 11.3. The first-order valence-corrected chi connectivity index (χ1v) is 15.9. The van der Waals surface area contributed by atoms with Gasteiger partial charge in [0.05, 0.1) is 18.4 Å². The van der Waals surface area contributed by atoms with Gasteiger partial charge in [0, 0.05) is 18.0 Å². The van der Waals surface area contributed by atoms with Crippen molar-refractivity contribution in [3.63, 3.8) is 0 Å². The van der Waals surface area contributed by atoms with E-state index in [0.29, 0.717) is 23.5 Å². The monoisotopic (exact) mass is 585 g/mol. The highest BCUT2D eigenvalue weighted by atomic mass is 16.5. The average Bonchev–Trinajstić information content (AvgIpc) is 3.04. The molecular weight excluding hydrogens is 538 g/mol. The normalized spacial score (nSPS) is 11.0. The zero-order valence-corrected chi connectivity index (χ0v) is 25.6. The van der Waals surface area contributed by atoms with E-state index >= 15 is 0 Å². The predicted molar refractivity (Wildman–Crippen MR) is 173 cm³/mol. The third-order valence-electron chi connectivity index (χ3n) is 7.27. The van der Waals surface area contributed by atoms with Crippen LogP contribution in [0.15, 0.2) is 78.2 Å². The van der Waals surface area contributed by atoms with Gasteiger partial charge >= 0.3 is 5.97 Å². The Hall–Kier alpha value is -4.00. The Bertz CT molecular complexity index is 1210. The first-order valence-electron chi connectivity index (χ1n) is 15.9. The molecule has 43 heavy (non-hydrogen) atoms. The zero-order chi connectivity index (χ0) is 30.4. The molecule has 1 amide bonds. The molecule has 2 aromatic carbocycles. The number of amides is 1. The lowest BCUT2D eigenvalue weighted by atomic mass is 10.0. The minimum absolute atomic E-state index is 0.324. The van der Waals surface area contributed by atoms with E-state index in [1.165, 1.54) is 89.7 Å². The number of rotatable bonds is 21. The van der Waals surface area contributed by atoms with Crippen LogP contribution in [-0.4, -0.2) is 29.7 Å². The van der Waals surface area contributed by atoms with Crippen molar-refractivity contribution in [2.75, 3.05) is 6.61 Å². The first kappa shape index (κ1) is 33.5. The lowest BCUT2D eigenvalue weighted by Gasteiger charge is -2.08. The number of carbonyl (C=O) groups is 2. The molecule has 0 aliphatic carbocycles. The summed E-state index contributed by atoms with van der Waals surface area (Å²) in [5.41, 5.74) is 4.13. The molecule has 1 N–H and O–H groups in total. The van der Waals surface area contributed by atoms with Gasteiger partial charge < -0.3 is 9.47 Å². The van der Waals surface area contributed by atoms with Crippen molar-refractivity contribution in [2.45, 2.75) is 96.8 Å². The van der Waals surface area contributed by atoms with Gasteiger partial charge in [-0.05, 0) is 72.6 Å². The second-order valence-corrected chi connectivity index (χ2v) is 10.9. The molecule has 0 fully saturated rings. The lowest BCUT2D eigenvalue weighted by molar-refractivity contribution is 0.0734. The summed E-state index contributed by atoms with van der Waals surface area (Å²) in [7, 11) is 0. The second-order valence-electron chi connectivity index (χ2n) is 10.9. The number of nitrogens with one attached hydrogen (secondary N) is 1. The van der Waals surface area contributed by atoms with Crippen molar-refractivity contribution in [2.24, 2.45) is 5.10 Å². The van der Waals surface area contributed by atoms with Gasteiger partial charge in [-0.25, -0.2) is 10.2 Å². The van der Waals surface area contributed by atoms with E-state index in [9.17, 15) is 9.59 Å². The number of carbonyl (C=O) groups excluding carboxylic acids is 2. The summed E-state index contributed by atoms with van der Waals surface area (Å²) >= 11 is 0. The number of ether oxygens (including phenoxy) is 2. The van der Waals surface area contributed by atoms with Gasteiger partial charge in [0.1, 0.15) is 11.5 Å². The topological polar surface area (TPSA) is 89.9 Å². The van der Waals surface area contributed by atoms with E-state index in [2.05, 4.69) is 22.4 Å². The van der Waals surface area contributed by atoms with Crippen LogP contribution in [0.1, 0.15) is 123 Å². The molecule has 3 aromatic rings. The minimum atomic E-state index is -0.440. The van der Waals surface area contributed by atoms with Gasteiger partial charge in [-0.2, -0.15) is 5.10 Å². The minimum Gasteiger partial charge on any atom is -0.494 e. The molecule has 7 nitrogen and oxygen atoms in total. The Morgan fingerprint density at radius 2 is 1.21 bits per heavy atom. The van der Waals surface area contributed by atoms with Crippen molar-refractivity contribution in [3.8, 4) is 11.5 Å². The highest BCUT2D eigenvalue weighted by Gasteiger charge is 2.09. The first-order chi connectivity index (χ1) is 21.2. The Morgan fingerprint density at radius 1 is 0.674 bits per heavy atom. The number of hydrogen-bond acceptors (Lipinski definition) is 6. The van der Waals surface area contributed by atoms with Crippen LogP contribution >= 0.6 is 0 Å². The number of aromatic nitrogens is 1. The van der Waals surface area contributed by atoms with E-state index in [0.717, 1.165) is 17.7 Å². The summed E-state index contributed by atoms with van der Waals surface area (Å²) in [5.74, 6) is 0.409. The molecule has 230 valence electrons. The summed E-state index contributed by atoms with van der Waals surface area (Å²) in [6, 6.07) is 17.1. The Kier molecular flexibility index (Phi) is 16.2. The number of nitrogens with zero attached hydrogens (tertiary/aromatic N) is 2. The molecule has 0 saturated carbocycles. The smallest absolute Gasteiger partial charge is 0.343 e. The molecule has 0 radical (unpaired) electrons. The van der Waals surface area contributed by atoms with Gasteiger partial charge in [-0.3, -0.25) is 9.78 Å². The summed E-state index contributed by atoms with van der Waals surface area (Å²) in [5, 5.41) is 3.96. The third kappa shape index (κ3) is 14.1. The largest absolute Gasteiger partial charge is 0.494 e. The van der Waals surface area contributed by atoms with Crippen LogP contribution < -0.4 is 14.9 Å². The number of hydrogen-bond donors (Lipinski definition) is 1. The fourth-order valence-electron chi connectivity index (χ4n) is 4.70. The van der Waals surface area contributed by atoms with Crippen LogP contribution in [0.4, 0.5) is 0 Å². The maximum absolute atomic E-state index is 12.6. The van der Waals surface area contributed by atoms with Crippen LogP contribution in [0.5, 0.6) is 11.5 Å². The van der Waals surface area contributed by atoms with Crippen molar-refractivity contribution < 1.29 is 19.1 Å². The second kappa shape index (κ2) is 20.8. The Balaban J connectivity index is 1.23. The molecule has 0 saturated heterocycles. The van der Waals surface area contributed by atoms with Crippen molar-refractivity contribution in [1.82, 2.24) is 10.4 Å². The van der Waals surface area contributed by atoms with Crippen LogP contribution in [0.25, 0.3) is 0 Å². The van der Waals surface area contributed by atoms with Crippen molar-refractivity contribution in [1.29, 1.82) is 0 Å². The summed E-state index contributed by atoms with van der Waals surface area (Å²) in [6.07, 6.45) is 23.3. The number of unbranched alkanes of at least 4 members (excludes halogenated alkanes) is 13. The SMILES string of the molecule is CCCCCCCCCCCCCCCCOc1ccc(C(=O)Oc2ccc(/C=N/NC(=O)c3ccncc3)cc2)cc1. The predicted octanol–water partition coefficient (Wildman–Crippen LogP) is 8.92. The molecule has 0 bridgehead atoms. The average molecular weight is 586 g/mol. The fourth-order valence-corrected chi connectivity index (χ4v) is 4.70. The van der Waals surface area contributed by atoms with Gasteiger partial charge in [0.2, 0.25) is 0 Å². The van der Waals surface area contributed by atoms with Crippen LogP contribution in [0, 0.1) is 0 Å². The lowest BCUT2D eigenvalue weighted by Crippen LogP contribution is -2.17. The molecule has 0 aliphatic heterocycles. The van der Waals surface area contributed by atoms with Crippen molar-refractivity contribution >= 4 is 18.1 Å². The highest BCUT2D eigenvalue weighted by Crippen LogP contribution is 2.18. The Labute approximate surface area is 257 Å². The van der Waals surface area contributed by atoms with Crippen LogP contribution in [0.2, 0.25) is 0 Å². The van der Waals surface area contributed by atoms with E-state index in [1.54, 1.807) is 73.1 Å². The van der Waals surface area contributed by atoms with Gasteiger partial charge in [0.25, 0.3) is 5.91 Å². The molecule has 7 heteroatoms. The van der Waals surface area contributed by atoms with E-state index in [-0.39, 0.29) is 5.91 Å². The third-order valence-corrected chi connectivity index (χ3v) is 7.27. The summed E-state index contributed by atoms with van der Waals surface area (Å²) in [6.45, 7) is 2.96. The molecule has 3 rings (SSSR count). The van der Waals surface area contributed by atoms with E-state index < -0.39 is 5.97 Å². The van der Waals surface area contributed by atoms with E-state index in [1.807, 2.05) is 0 Å². The molecule has 1 aromatic heterocycles. The molecule has 0 aliphatic rings. The van der Waals surface area contributed by atoms with Gasteiger partial charge in [-0.15, -0.1) is 0 Å². The van der Waals surface area contributed by atoms with Gasteiger partial charge in [-0.1, -0.05) is 90.4 Å². The number of esters is 1.